The Balaban J connectivity index is 2.16. The quantitative estimate of drug-likeness (QED) is 0.522. The van der Waals surface area contributed by atoms with Crippen molar-refractivity contribution in [2.24, 2.45) is 0 Å². The maximum atomic E-state index is 13.6. The molecule has 1 heterocycles. The average Bonchev–Trinajstić information content (AvgIpc) is 2.95. The zero-order valence-corrected chi connectivity index (χ0v) is 16.9. The first-order valence-electron chi connectivity index (χ1n) is 8.91. The van der Waals surface area contributed by atoms with Crippen LogP contribution < -0.4 is 9.64 Å². The first-order valence-corrected chi connectivity index (χ1v) is 9.29. The molecule has 0 N–H and O–H groups in total. The lowest BCUT2D eigenvalue weighted by Gasteiger charge is -2.18. The zero-order chi connectivity index (χ0) is 21.1. The van der Waals surface area contributed by atoms with E-state index in [2.05, 4.69) is 0 Å². The van der Waals surface area contributed by atoms with Crippen LogP contribution in [0, 0.1) is 5.82 Å². The highest BCUT2D eigenvalue weighted by molar-refractivity contribution is 6.31. The van der Waals surface area contributed by atoms with Gasteiger partial charge in [0, 0.05) is 11.3 Å². The number of carbonyl (C=O) groups excluding carboxylic acids is 2. The minimum atomic E-state index is -0.647. The molecule has 0 fully saturated rings. The van der Waals surface area contributed by atoms with Crippen molar-refractivity contribution in [1.29, 1.82) is 0 Å². The van der Waals surface area contributed by atoms with Gasteiger partial charge in [0.25, 0.3) is 5.91 Å². The molecule has 3 rings (SSSR count). The number of esters is 1. The molecular weight excluding hydrogens is 397 g/mol. The Hall–Kier alpha value is -3.12. The number of carbonyl (C=O) groups is 2. The Morgan fingerprint density at radius 1 is 1.24 bits per heavy atom. The number of hydrogen-bond donors (Lipinski definition) is 0. The highest BCUT2D eigenvalue weighted by Crippen LogP contribution is 2.37. The smallest absolute Gasteiger partial charge is 0.340 e. The van der Waals surface area contributed by atoms with Crippen molar-refractivity contribution in [3.05, 3.63) is 75.7 Å². The van der Waals surface area contributed by atoms with Gasteiger partial charge in [-0.15, -0.1) is 0 Å². The molecule has 2 aromatic rings. The lowest BCUT2D eigenvalue weighted by molar-refractivity contribution is -0.136. The van der Waals surface area contributed by atoms with E-state index in [1.54, 1.807) is 31.2 Å². The van der Waals surface area contributed by atoms with Gasteiger partial charge >= 0.3 is 5.97 Å². The van der Waals surface area contributed by atoms with Gasteiger partial charge in [-0.2, -0.15) is 0 Å². The molecule has 0 radical (unpaired) electrons. The van der Waals surface area contributed by atoms with E-state index in [0.717, 1.165) is 0 Å². The zero-order valence-electron chi connectivity index (χ0n) is 16.2. The molecule has 2 aromatic carbocycles. The molecule has 29 heavy (non-hydrogen) atoms. The number of ether oxygens (including phenoxy) is 2. The van der Waals surface area contributed by atoms with E-state index in [9.17, 15) is 14.0 Å². The minimum Gasteiger partial charge on any atom is -0.493 e. The molecule has 0 unspecified atom stereocenters. The molecule has 150 valence electrons. The predicted octanol–water partition coefficient (Wildman–Crippen LogP) is 4.76. The van der Waals surface area contributed by atoms with Crippen LogP contribution in [-0.2, 0) is 14.3 Å². The fourth-order valence-electron chi connectivity index (χ4n) is 3.16. The molecular formula is C22H19ClFNO4. The van der Waals surface area contributed by atoms with Crippen LogP contribution >= 0.6 is 11.6 Å². The van der Waals surface area contributed by atoms with E-state index < -0.39 is 17.7 Å². The van der Waals surface area contributed by atoms with E-state index >= 15 is 0 Å². The molecule has 0 saturated carbocycles. The van der Waals surface area contributed by atoms with E-state index in [0.29, 0.717) is 29.3 Å². The van der Waals surface area contributed by atoms with Gasteiger partial charge in [0.2, 0.25) is 0 Å². The van der Waals surface area contributed by atoms with Crippen LogP contribution in [0.15, 0.2) is 59.3 Å². The number of para-hydroxylation sites is 1. The van der Waals surface area contributed by atoms with Crippen LogP contribution in [0.3, 0.4) is 0 Å². The number of allylic oxidation sites excluding steroid dienone is 1. The van der Waals surface area contributed by atoms with Crippen LogP contribution in [0.2, 0.25) is 5.02 Å². The van der Waals surface area contributed by atoms with E-state index in [4.69, 9.17) is 21.1 Å². The Kier molecular flexibility index (Phi) is 6.03. The van der Waals surface area contributed by atoms with Gasteiger partial charge in [0.1, 0.15) is 11.6 Å². The van der Waals surface area contributed by atoms with Crippen molar-refractivity contribution < 1.29 is 23.5 Å². The first-order chi connectivity index (χ1) is 13.9. The SMILES string of the molecule is CCOc1ccccc1/C=C1\C(=O)N(c2ccc(F)c(Cl)c2)C(C)=C1C(=O)OC. The maximum absolute atomic E-state index is 13.6. The van der Waals surface area contributed by atoms with Gasteiger partial charge in [-0.1, -0.05) is 29.8 Å². The summed E-state index contributed by atoms with van der Waals surface area (Å²) in [6, 6.07) is 11.1. The third-order valence-corrected chi connectivity index (χ3v) is 4.76. The predicted molar refractivity (Wildman–Crippen MR) is 109 cm³/mol. The molecule has 1 aliphatic heterocycles. The van der Waals surface area contributed by atoms with Gasteiger partial charge < -0.3 is 9.47 Å². The summed E-state index contributed by atoms with van der Waals surface area (Å²) in [5.41, 5.74) is 1.64. The fraction of sp³-hybridized carbons (Fsp3) is 0.182. The number of methoxy groups -OCH3 is 1. The van der Waals surface area contributed by atoms with Crippen molar-refractivity contribution in [2.45, 2.75) is 13.8 Å². The van der Waals surface area contributed by atoms with Crippen LogP contribution in [0.25, 0.3) is 6.08 Å². The van der Waals surface area contributed by atoms with E-state index in [1.807, 2.05) is 13.0 Å². The third kappa shape index (κ3) is 3.89. The van der Waals surface area contributed by atoms with Gasteiger partial charge in [-0.3, -0.25) is 9.69 Å². The fourth-order valence-corrected chi connectivity index (χ4v) is 3.33. The van der Waals surface area contributed by atoms with Gasteiger partial charge in [0.15, 0.2) is 0 Å². The Bertz CT molecular complexity index is 1040. The van der Waals surface area contributed by atoms with Gasteiger partial charge in [-0.05, 0) is 44.2 Å². The largest absolute Gasteiger partial charge is 0.493 e. The molecule has 0 spiro atoms. The van der Waals surface area contributed by atoms with Crippen molar-refractivity contribution in [2.75, 3.05) is 18.6 Å². The molecule has 1 amide bonds. The lowest BCUT2D eigenvalue weighted by atomic mass is 10.0. The highest BCUT2D eigenvalue weighted by Gasteiger charge is 2.38. The molecule has 0 aromatic heterocycles. The summed E-state index contributed by atoms with van der Waals surface area (Å²) in [5.74, 6) is -1.11. The van der Waals surface area contributed by atoms with Crippen LogP contribution in [0.4, 0.5) is 10.1 Å². The van der Waals surface area contributed by atoms with Crippen molar-refractivity contribution in [3.63, 3.8) is 0 Å². The molecule has 0 saturated heterocycles. The highest BCUT2D eigenvalue weighted by atomic mass is 35.5. The van der Waals surface area contributed by atoms with Crippen LogP contribution in [-0.4, -0.2) is 25.6 Å². The maximum Gasteiger partial charge on any atom is 0.340 e. The first kappa shape index (κ1) is 20.6. The van der Waals surface area contributed by atoms with Crippen molar-refractivity contribution in [1.82, 2.24) is 0 Å². The number of hydrogen-bond acceptors (Lipinski definition) is 4. The summed E-state index contributed by atoms with van der Waals surface area (Å²) < 4.78 is 24.1. The summed E-state index contributed by atoms with van der Waals surface area (Å²) >= 11 is 5.88. The lowest BCUT2D eigenvalue weighted by Crippen LogP contribution is -2.24. The normalized spacial score (nSPS) is 15.3. The molecule has 0 bridgehead atoms. The topological polar surface area (TPSA) is 55.8 Å². The number of anilines is 1. The second kappa shape index (κ2) is 8.49. The Morgan fingerprint density at radius 3 is 2.62 bits per heavy atom. The minimum absolute atomic E-state index is 0.123. The van der Waals surface area contributed by atoms with Crippen LogP contribution in [0.1, 0.15) is 19.4 Å². The molecule has 5 nitrogen and oxygen atoms in total. The third-order valence-electron chi connectivity index (χ3n) is 4.47. The summed E-state index contributed by atoms with van der Waals surface area (Å²) in [6.45, 7) is 3.93. The molecule has 7 heteroatoms. The second-order valence-corrected chi connectivity index (χ2v) is 6.63. The Labute approximate surface area is 173 Å². The number of nitrogens with zero attached hydrogens (tertiary/aromatic N) is 1. The average molecular weight is 416 g/mol. The summed E-state index contributed by atoms with van der Waals surface area (Å²) in [6.07, 6.45) is 1.59. The monoisotopic (exact) mass is 415 g/mol. The van der Waals surface area contributed by atoms with Crippen molar-refractivity contribution in [3.8, 4) is 5.75 Å². The van der Waals surface area contributed by atoms with Gasteiger partial charge in [-0.25, -0.2) is 9.18 Å². The molecule has 0 aliphatic carbocycles. The number of halogens is 2. The molecule has 0 atom stereocenters. The van der Waals surface area contributed by atoms with E-state index in [1.165, 1.54) is 30.2 Å². The number of amides is 1. The summed E-state index contributed by atoms with van der Waals surface area (Å²) in [7, 11) is 1.25. The van der Waals surface area contributed by atoms with E-state index in [-0.39, 0.29) is 16.2 Å². The Morgan fingerprint density at radius 2 is 1.97 bits per heavy atom. The van der Waals surface area contributed by atoms with Gasteiger partial charge in [0.05, 0.1) is 35.6 Å². The summed E-state index contributed by atoms with van der Waals surface area (Å²) in [4.78, 5) is 27.0. The standard InChI is InChI=1S/C22H19ClFNO4/c1-4-29-19-8-6-5-7-14(19)11-16-20(22(27)28-3)13(2)25(21(16)26)15-9-10-18(24)17(23)12-15/h5-12H,4H2,1-3H3/b16-11-. The number of benzene rings is 2. The molecule has 1 aliphatic rings. The summed E-state index contributed by atoms with van der Waals surface area (Å²) in [5, 5.41) is -0.123. The van der Waals surface area contributed by atoms with Crippen molar-refractivity contribution >= 4 is 35.2 Å². The van der Waals surface area contributed by atoms with Crippen LogP contribution in [0.5, 0.6) is 5.75 Å². The number of rotatable bonds is 5. The second-order valence-electron chi connectivity index (χ2n) is 6.22.